The summed E-state index contributed by atoms with van der Waals surface area (Å²) in [6.07, 6.45) is 3.31. The number of ether oxygens (including phenoxy) is 2. The van der Waals surface area contributed by atoms with E-state index >= 15 is 0 Å². The molecule has 2 atom stereocenters. The van der Waals surface area contributed by atoms with Gasteiger partial charge in [0.2, 0.25) is 5.88 Å². The molecular weight excluding hydrogens is 288 g/mol. The predicted octanol–water partition coefficient (Wildman–Crippen LogP) is 2.31. The molecule has 0 aromatic carbocycles. The van der Waals surface area contributed by atoms with Crippen molar-refractivity contribution in [1.82, 2.24) is 9.78 Å². The molecule has 5 nitrogen and oxygen atoms in total. The molecule has 2 unspecified atom stereocenters. The van der Waals surface area contributed by atoms with E-state index in [1.807, 2.05) is 4.68 Å². The molecule has 1 aliphatic heterocycles. The van der Waals surface area contributed by atoms with Crippen LogP contribution in [0.2, 0.25) is 0 Å². The molecule has 2 bridgehead atoms. The summed E-state index contributed by atoms with van der Waals surface area (Å²) in [4.78, 5) is 11.8. The lowest BCUT2D eigenvalue weighted by atomic mass is 10.2. The van der Waals surface area contributed by atoms with Gasteiger partial charge in [0, 0.05) is 6.42 Å². The number of halogens is 1. The van der Waals surface area contributed by atoms with E-state index in [0.29, 0.717) is 28.7 Å². The summed E-state index contributed by atoms with van der Waals surface area (Å²) in [5.41, 5.74) is 0.420. The maximum Gasteiger partial charge on any atom is 0.346 e. The Morgan fingerprint density at radius 3 is 3.24 bits per heavy atom. The van der Waals surface area contributed by atoms with Crippen LogP contribution in [0.4, 0.5) is 0 Å². The lowest BCUT2D eigenvalue weighted by Crippen LogP contribution is -2.23. The topological polar surface area (TPSA) is 53.3 Å². The molecule has 0 N–H and O–H groups in total. The molecule has 1 aromatic rings. The average molecular weight is 301 g/mol. The van der Waals surface area contributed by atoms with Crippen LogP contribution in [0.1, 0.15) is 42.6 Å². The number of hydrogen-bond acceptors (Lipinski definition) is 4. The Morgan fingerprint density at radius 2 is 2.47 bits per heavy atom. The largest absolute Gasteiger partial charge is 0.474 e. The summed E-state index contributed by atoms with van der Waals surface area (Å²) in [6, 6.07) is 0.364. The number of rotatable bonds is 2. The van der Waals surface area contributed by atoms with Gasteiger partial charge in [-0.2, -0.15) is 5.10 Å². The summed E-state index contributed by atoms with van der Waals surface area (Å²) < 4.78 is 13.2. The fraction of sp³-hybridized carbons (Fsp3) is 0.636. The van der Waals surface area contributed by atoms with Crippen LogP contribution in [0.3, 0.4) is 0 Å². The van der Waals surface area contributed by atoms with Gasteiger partial charge in [0.15, 0.2) is 5.56 Å². The Balaban J connectivity index is 2.03. The molecule has 3 rings (SSSR count). The third kappa shape index (κ3) is 1.66. The van der Waals surface area contributed by atoms with Crippen molar-refractivity contribution in [3.63, 3.8) is 0 Å². The van der Waals surface area contributed by atoms with Gasteiger partial charge < -0.3 is 9.47 Å². The Hall–Kier alpha value is -1.04. The maximum atomic E-state index is 11.8. The average Bonchev–Trinajstić information content (AvgIpc) is 2.82. The molecular formula is C11H13BrN2O3. The van der Waals surface area contributed by atoms with E-state index in [2.05, 4.69) is 21.0 Å². The van der Waals surface area contributed by atoms with Crippen molar-refractivity contribution in [1.29, 1.82) is 0 Å². The summed E-state index contributed by atoms with van der Waals surface area (Å²) in [5, 5.41) is 4.34. The van der Waals surface area contributed by atoms with Crippen molar-refractivity contribution >= 4 is 21.9 Å². The molecule has 1 aliphatic carbocycles. The van der Waals surface area contributed by atoms with Gasteiger partial charge >= 0.3 is 5.97 Å². The van der Waals surface area contributed by atoms with Crippen molar-refractivity contribution in [2.75, 3.05) is 6.61 Å². The second-order valence-corrected chi connectivity index (χ2v) is 5.09. The molecule has 92 valence electrons. The number of carbonyl (C=O) groups is 1. The van der Waals surface area contributed by atoms with Crippen LogP contribution in [0, 0.1) is 0 Å². The Morgan fingerprint density at radius 1 is 1.65 bits per heavy atom. The molecule has 17 heavy (non-hydrogen) atoms. The fourth-order valence-electron chi connectivity index (χ4n) is 2.53. The van der Waals surface area contributed by atoms with Crippen molar-refractivity contribution in [2.45, 2.75) is 38.3 Å². The van der Waals surface area contributed by atoms with E-state index in [1.54, 1.807) is 6.92 Å². The SMILES string of the molecule is CCOC(=O)c1c(Br)nn2c1OC1CCC2C1. The number of esters is 1. The Kier molecular flexibility index (Phi) is 2.61. The van der Waals surface area contributed by atoms with Gasteiger partial charge in [-0.15, -0.1) is 0 Å². The zero-order valence-corrected chi connectivity index (χ0v) is 11.1. The summed E-state index contributed by atoms with van der Waals surface area (Å²) in [7, 11) is 0. The first-order valence-corrected chi connectivity index (χ1v) is 6.61. The fourth-order valence-corrected chi connectivity index (χ4v) is 3.03. The molecule has 1 fully saturated rings. The number of nitrogens with zero attached hydrogens (tertiary/aromatic N) is 2. The maximum absolute atomic E-state index is 11.8. The molecule has 1 aromatic heterocycles. The zero-order valence-electron chi connectivity index (χ0n) is 9.48. The molecule has 0 spiro atoms. The summed E-state index contributed by atoms with van der Waals surface area (Å²) in [5.74, 6) is 0.191. The first-order valence-electron chi connectivity index (χ1n) is 5.82. The van der Waals surface area contributed by atoms with Crippen molar-refractivity contribution in [3.8, 4) is 5.88 Å². The van der Waals surface area contributed by atoms with E-state index in [1.165, 1.54) is 0 Å². The van der Waals surface area contributed by atoms with E-state index in [4.69, 9.17) is 9.47 Å². The van der Waals surface area contributed by atoms with Gasteiger partial charge in [0.25, 0.3) is 0 Å². The van der Waals surface area contributed by atoms with Gasteiger partial charge in [-0.25, -0.2) is 9.48 Å². The zero-order chi connectivity index (χ0) is 12.0. The van der Waals surface area contributed by atoms with Crippen LogP contribution in [0.5, 0.6) is 5.88 Å². The molecule has 0 saturated heterocycles. The van der Waals surface area contributed by atoms with Gasteiger partial charge in [0.05, 0.1) is 12.6 Å². The second kappa shape index (κ2) is 4.01. The highest BCUT2D eigenvalue weighted by Crippen LogP contribution is 2.43. The van der Waals surface area contributed by atoms with E-state index < -0.39 is 0 Å². The Bertz CT molecular complexity index is 472. The number of fused-ring (bicyclic) bond motifs is 4. The number of carbonyl (C=O) groups excluding carboxylic acids is 1. The van der Waals surface area contributed by atoms with Gasteiger partial charge in [-0.3, -0.25) is 0 Å². The van der Waals surface area contributed by atoms with Gasteiger partial charge in [-0.05, 0) is 35.7 Å². The van der Waals surface area contributed by atoms with Crippen molar-refractivity contribution < 1.29 is 14.3 Å². The molecule has 0 amide bonds. The van der Waals surface area contributed by atoms with E-state index in [-0.39, 0.29) is 12.1 Å². The predicted molar refractivity (Wildman–Crippen MR) is 63.2 cm³/mol. The van der Waals surface area contributed by atoms with E-state index in [9.17, 15) is 4.79 Å². The molecule has 2 heterocycles. The van der Waals surface area contributed by atoms with Crippen LogP contribution in [-0.2, 0) is 4.74 Å². The van der Waals surface area contributed by atoms with Crippen LogP contribution < -0.4 is 4.74 Å². The van der Waals surface area contributed by atoms with Crippen molar-refractivity contribution in [3.05, 3.63) is 10.2 Å². The third-order valence-electron chi connectivity index (χ3n) is 3.28. The van der Waals surface area contributed by atoms with E-state index in [0.717, 1.165) is 19.3 Å². The summed E-state index contributed by atoms with van der Waals surface area (Å²) in [6.45, 7) is 2.13. The highest BCUT2D eigenvalue weighted by molar-refractivity contribution is 9.10. The minimum atomic E-state index is -0.373. The van der Waals surface area contributed by atoms with Crippen LogP contribution >= 0.6 is 15.9 Å². The summed E-state index contributed by atoms with van der Waals surface area (Å²) >= 11 is 3.31. The standard InChI is InChI=1S/C11H13BrN2O3/c1-2-16-11(15)8-9(12)13-14-6-3-4-7(5-6)17-10(8)14/h6-7H,2-5H2,1H3. The minimum absolute atomic E-state index is 0.226. The Labute approximate surface area is 107 Å². The lowest BCUT2D eigenvalue weighted by Gasteiger charge is -2.22. The number of hydrogen-bond donors (Lipinski definition) is 0. The first kappa shape index (κ1) is 11.1. The smallest absolute Gasteiger partial charge is 0.346 e. The normalized spacial score (nSPS) is 25.3. The quantitative estimate of drug-likeness (QED) is 0.787. The molecule has 1 saturated carbocycles. The second-order valence-electron chi connectivity index (χ2n) is 4.34. The molecule has 2 aliphatic rings. The van der Waals surface area contributed by atoms with Gasteiger partial charge in [0.1, 0.15) is 10.7 Å². The van der Waals surface area contributed by atoms with Crippen LogP contribution in [0.25, 0.3) is 0 Å². The number of aromatic nitrogens is 2. The highest BCUT2D eigenvalue weighted by atomic mass is 79.9. The minimum Gasteiger partial charge on any atom is -0.474 e. The van der Waals surface area contributed by atoms with Crippen molar-refractivity contribution in [2.24, 2.45) is 0 Å². The van der Waals surface area contributed by atoms with Gasteiger partial charge in [-0.1, -0.05) is 0 Å². The monoisotopic (exact) mass is 300 g/mol. The molecule has 0 radical (unpaired) electrons. The first-order chi connectivity index (χ1) is 8.20. The van der Waals surface area contributed by atoms with Crippen LogP contribution in [-0.4, -0.2) is 28.5 Å². The van der Waals surface area contributed by atoms with Crippen LogP contribution in [0.15, 0.2) is 4.60 Å². The lowest BCUT2D eigenvalue weighted by molar-refractivity contribution is 0.0514. The highest BCUT2D eigenvalue weighted by Gasteiger charge is 2.39. The third-order valence-corrected chi connectivity index (χ3v) is 3.84. The molecule has 6 heteroatoms.